The number of nitrogens with one attached hydrogen (secondary N) is 1. The molecule has 0 saturated carbocycles. The molecule has 0 radical (unpaired) electrons. The number of amides is 1. The lowest BCUT2D eigenvalue weighted by molar-refractivity contribution is -0.123. The molecular formula is C17H27N3O3. The standard InChI is InChI=1S/C17H27N3O3/c1-22-16(11-18)10-17(21)19-12-14-4-2-3-5-15(14)13-20-6-8-23-9-7-20/h2-5,16H,6-13,18H2,1H3,(H,19,21). The van der Waals surface area contributed by atoms with Crippen LogP contribution >= 0.6 is 0 Å². The Bertz CT molecular complexity index is 486. The van der Waals surface area contributed by atoms with Crippen LogP contribution < -0.4 is 11.1 Å². The Morgan fingerprint density at radius 1 is 1.35 bits per heavy atom. The van der Waals surface area contributed by atoms with E-state index in [0.717, 1.165) is 38.4 Å². The van der Waals surface area contributed by atoms with Gasteiger partial charge in [0.2, 0.25) is 5.91 Å². The number of ether oxygens (including phenoxy) is 2. The van der Waals surface area contributed by atoms with Gasteiger partial charge < -0.3 is 20.5 Å². The molecule has 0 bridgehead atoms. The Kier molecular flexibility index (Phi) is 7.48. The van der Waals surface area contributed by atoms with Gasteiger partial charge in [0.1, 0.15) is 0 Å². The summed E-state index contributed by atoms with van der Waals surface area (Å²) < 4.78 is 10.5. The number of methoxy groups -OCH3 is 1. The quantitative estimate of drug-likeness (QED) is 0.729. The second-order valence-corrected chi connectivity index (χ2v) is 5.73. The number of carbonyl (C=O) groups excluding carboxylic acids is 1. The first-order valence-electron chi connectivity index (χ1n) is 8.09. The molecule has 1 aromatic carbocycles. The topological polar surface area (TPSA) is 76.8 Å². The Labute approximate surface area is 137 Å². The van der Waals surface area contributed by atoms with Crippen LogP contribution in [0, 0.1) is 0 Å². The van der Waals surface area contributed by atoms with Gasteiger partial charge in [0.25, 0.3) is 0 Å². The second-order valence-electron chi connectivity index (χ2n) is 5.73. The molecule has 1 amide bonds. The molecule has 1 fully saturated rings. The van der Waals surface area contributed by atoms with Crippen molar-refractivity contribution >= 4 is 5.91 Å². The predicted molar refractivity (Wildman–Crippen MR) is 88.9 cm³/mol. The fourth-order valence-corrected chi connectivity index (χ4v) is 2.62. The number of benzene rings is 1. The molecule has 1 saturated heterocycles. The normalized spacial score (nSPS) is 17.0. The highest BCUT2D eigenvalue weighted by molar-refractivity contribution is 5.76. The first-order chi connectivity index (χ1) is 11.2. The summed E-state index contributed by atoms with van der Waals surface area (Å²) in [6, 6.07) is 8.22. The number of carbonyl (C=O) groups is 1. The molecule has 1 atom stereocenters. The van der Waals surface area contributed by atoms with Gasteiger partial charge in [-0.1, -0.05) is 24.3 Å². The van der Waals surface area contributed by atoms with E-state index in [1.54, 1.807) is 7.11 Å². The average Bonchev–Trinajstić information content (AvgIpc) is 2.60. The lowest BCUT2D eigenvalue weighted by atomic mass is 10.1. The van der Waals surface area contributed by atoms with E-state index in [4.69, 9.17) is 15.2 Å². The van der Waals surface area contributed by atoms with Crippen molar-refractivity contribution in [2.24, 2.45) is 5.73 Å². The summed E-state index contributed by atoms with van der Waals surface area (Å²) in [7, 11) is 1.57. The van der Waals surface area contributed by atoms with Gasteiger partial charge in [-0.05, 0) is 11.1 Å². The fourth-order valence-electron chi connectivity index (χ4n) is 2.62. The number of rotatable bonds is 8. The molecule has 128 valence electrons. The lowest BCUT2D eigenvalue weighted by Gasteiger charge is -2.27. The molecule has 6 heteroatoms. The van der Waals surface area contributed by atoms with E-state index < -0.39 is 0 Å². The van der Waals surface area contributed by atoms with Crippen LogP contribution in [0.4, 0.5) is 0 Å². The zero-order valence-electron chi connectivity index (χ0n) is 13.8. The minimum Gasteiger partial charge on any atom is -0.380 e. The summed E-state index contributed by atoms with van der Waals surface area (Å²) in [5, 5.41) is 2.96. The summed E-state index contributed by atoms with van der Waals surface area (Å²) >= 11 is 0. The summed E-state index contributed by atoms with van der Waals surface area (Å²) in [6.45, 7) is 5.24. The van der Waals surface area contributed by atoms with E-state index in [9.17, 15) is 4.79 Å². The van der Waals surface area contributed by atoms with E-state index >= 15 is 0 Å². The van der Waals surface area contributed by atoms with E-state index in [1.807, 2.05) is 12.1 Å². The zero-order valence-corrected chi connectivity index (χ0v) is 13.8. The molecule has 1 unspecified atom stereocenters. The van der Waals surface area contributed by atoms with E-state index in [0.29, 0.717) is 19.5 Å². The van der Waals surface area contributed by atoms with Gasteiger partial charge in [-0.25, -0.2) is 0 Å². The highest BCUT2D eigenvalue weighted by atomic mass is 16.5. The first kappa shape index (κ1) is 17.9. The maximum atomic E-state index is 12.0. The highest BCUT2D eigenvalue weighted by Gasteiger charge is 2.14. The molecule has 1 aliphatic heterocycles. The summed E-state index contributed by atoms with van der Waals surface area (Å²) in [5.74, 6) is -0.0384. The monoisotopic (exact) mass is 321 g/mol. The molecule has 2 rings (SSSR count). The molecule has 3 N–H and O–H groups in total. The largest absolute Gasteiger partial charge is 0.380 e. The van der Waals surface area contributed by atoms with Gasteiger partial charge in [0, 0.05) is 39.8 Å². The third kappa shape index (κ3) is 5.91. The minimum atomic E-state index is -0.224. The van der Waals surface area contributed by atoms with E-state index in [2.05, 4.69) is 22.3 Å². The molecule has 0 aromatic heterocycles. The molecule has 1 aromatic rings. The molecule has 0 aliphatic carbocycles. The van der Waals surface area contributed by atoms with Gasteiger partial charge in [-0.3, -0.25) is 9.69 Å². The molecule has 0 spiro atoms. The molecule has 6 nitrogen and oxygen atoms in total. The number of hydrogen-bond donors (Lipinski definition) is 2. The van der Waals surface area contributed by atoms with Crippen molar-refractivity contribution in [2.45, 2.75) is 25.6 Å². The van der Waals surface area contributed by atoms with Crippen LogP contribution in [0.25, 0.3) is 0 Å². The molecule has 23 heavy (non-hydrogen) atoms. The van der Waals surface area contributed by atoms with Crippen molar-refractivity contribution < 1.29 is 14.3 Å². The van der Waals surface area contributed by atoms with Crippen LogP contribution in [0.1, 0.15) is 17.5 Å². The van der Waals surface area contributed by atoms with Crippen molar-refractivity contribution in [3.63, 3.8) is 0 Å². The Morgan fingerprint density at radius 3 is 2.70 bits per heavy atom. The van der Waals surface area contributed by atoms with Crippen LogP contribution in [-0.2, 0) is 27.4 Å². The minimum absolute atomic E-state index is 0.0384. The van der Waals surface area contributed by atoms with Gasteiger partial charge in [-0.15, -0.1) is 0 Å². The average molecular weight is 321 g/mol. The van der Waals surface area contributed by atoms with Gasteiger partial charge in [0.15, 0.2) is 0 Å². The lowest BCUT2D eigenvalue weighted by Crippen LogP contribution is -2.36. The van der Waals surface area contributed by atoms with Crippen LogP contribution in [-0.4, -0.2) is 56.9 Å². The van der Waals surface area contributed by atoms with Gasteiger partial charge >= 0.3 is 0 Å². The Hall–Kier alpha value is -1.47. The molecular weight excluding hydrogens is 294 g/mol. The van der Waals surface area contributed by atoms with Crippen LogP contribution in [0.15, 0.2) is 24.3 Å². The second kappa shape index (κ2) is 9.62. The summed E-state index contributed by atoms with van der Waals surface area (Å²) in [4.78, 5) is 14.3. The number of hydrogen-bond acceptors (Lipinski definition) is 5. The maximum absolute atomic E-state index is 12.0. The van der Waals surface area contributed by atoms with Crippen LogP contribution in [0.3, 0.4) is 0 Å². The van der Waals surface area contributed by atoms with Crippen molar-refractivity contribution in [3.8, 4) is 0 Å². The Balaban J connectivity index is 1.88. The van der Waals surface area contributed by atoms with Gasteiger partial charge in [0.05, 0.1) is 25.7 Å². The number of nitrogens with two attached hydrogens (primary N) is 1. The maximum Gasteiger partial charge on any atom is 0.222 e. The van der Waals surface area contributed by atoms with Crippen molar-refractivity contribution in [2.75, 3.05) is 40.0 Å². The third-order valence-electron chi connectivity index (χ3n) is 4.10. The smallest absolute Gasteiger partial charge is 0.222 e. The van der Waals surface area contributed by atoms with Crippen LogP contribution in [0.5, 0.6) is 0 Å². The predicted octanol–water partition coefficient (Wildman–Crippen LogP) is 0.499. The third-order valence-corrected chi connectivity index (χ3v) is 4.10. The van der Waals surface area contributed by atoms with Crippen LogP contribution in [0.2, 0.25) is 0 Å². The zero-order chi connectivity index (χ0) is 16.5. The Morgan fingerprint density at radius 2 is 2.04 bits per heavy atom. The SMILES string of the molecule is COC(CN)CC(=O)NCc1ccccc1CN1CCOCC1. The molecule has 1 heterocycles. The fraction of sp³-hybridized carbons (Fsp3) is 0.588. The van der Waals surface area contributed by atoms with Crippen molar-refractivity contribution in [1.82, 2.24) is 10.2 Å². The van der Waals surface area contributed by atoms with Crippen molar-refractivity contribution in [1.29, 1.82) is 0 Å². The number of nitrogens with zero attached hydrogens (tertiary/aromatic N) is 1. The van der Waals surface area contributed by atoms with E-state index in [1.165, 1.54) is 5.56 Å². The van der Waals surface area contributed by atoms with Gasteiger partial charge in [-0.2, -0.15) is 0 Å². The van der Waals surface area contributed by atoms with Crippen molar-refractivity contribution in [3.05, 3.63) is 35.4 Å². The highest BCUT2D eigenvalue weighted by Crippen LogP contribution is 2.13. The number of morpholine rings is 1. The summed E-state index contributed by atoms with van der Waals surface area (Å²) in [6.07, 6.45) is 0.0668. The first-order valence-corrected chi connectivity index (χ1v) is 8.09. The summed E-state index contributed by atoms with van der Waals surface area (Å²) in [5.41, 5.74) is 7.94. The molecule has 1 aliphatic rings. The van der Waals surface area contributed by atoms with E-state index in [-0.39, 0.29) is 12.0 Å².